The quantitative estimate of drug-likeness (QED) is 0.155. The Morgan fingerprint density at radius 1 is 0.889 bits per heavy atom. The number of hydrogen-bond acceptors (Lipinski definition) is 5. The van der Waals surface area contributed by atoms with E-state index >= 15 is 0 Å². The van der Waals surface area contributed by atoms with Crippen molar-refractivity contribution in [3.63, 3.8) is 0 Å². The van der Waals surface area contributed by atoms with Crippen molar-refractivity contribution in [3.8, 4) is 17.0 Å². The number of aromatic nitrogens is 1. The predicted octanol–water partition coefficient (Wildman–Crippen LogP) is 9.29. The summed E-state index contributed by atoms with van der Waals surface area (Å²) in [4.78, 5) is 17.7. The molecule has 0 aliphatic rings. The van der Waals surface area contributed by atoms with E-state index in [0.29, 0.717) is 29.1 Å². The number of nitrogens with zero attached hydrogens (tertiary/aromatic N) is 2. The van der Waals surface area contributed by atoms with Gasteiger partial charge < -0.3 is 14.7 Å². The maximum Gasteiger partial charge on any atom is 0.416 e. The highest BCUT2D eigenvalue weighted by atomic mass is 32.1. The third-order valence-electron chi connectivity index (χ3n) is 7.14. The number of thiazole rings is 1. The van der Waals surface area contributed by atoms with Gasteiger partial charge in [0.25, 0.3) is 0 Å². The summed E-state index contributed by atoms with van der Waals surface area (Å²) in [5, 5.41) is 11.5. The molecule has 1 aromatic heterocycles. The van der Waals surface area contributed by atoms with Gasteiger partial charge in [-0.2, -0.15) is 26.3 Å². The minimum absolute atomic E-state index is 0.149. The van der Waals surface area contributed by atoms with E-state index < -0.39 is 35.0 Å². The van der Waals surface area contributed by atoms with Crippen molar-refractivity contribution < 1.29 is 41.0 Å². The van der Waals surface area contributed by atoms with Gasteiger partial charge in [0.15, 0.2) is 10.7 Å². The van der Waals surface area contributed by atoms with E-state index in [2.05, 4.69) is 6.92 Å². The van der Waals surface area contributed by atoms with E-state index in [1.165, 1.54) is 30.7 Å². The Balaban J connectivity index is 1.63. The van der Waals surface area contributed by atoms with Crippen LogP contribution in [0.1, 0.15) is 55.0 Å². The van der Waals surface area contributed by atoms with Crippen LogP contribution < -0.4 is 9.64 Å². The molecule has 0 saturated heterocycles. The van der Waals surface area contributed by atoms with Crippen LogP contribution in [-0.4, -0.2) is 28.2 Å². The molecule has 45 heavy (non-hydrogen) atoms. The largest absolute Gasteiger partial charge is 0.478 e. The molecule has 0 fully saturated rings. The van der Waals surface area contributed by atoms with Crippen LogP contribution in [0.25, 0.3) is 11.3 Å². The van der Waals surface area contributed by atoms with Crippen LogP contribution in [0.5, 0.6) is 5.75 Å². The Labute approximate surface area is 261 Å². The van der Waals surface area contributed by atoms with E-state index in [4.69, 9.17) is 9.72 Å². The zero-order valence-electron chi connectivity index (χ0n) is 24.8. The highest BCUT2D eigenvalue weighted by molar-refractivity contribution is 7.14. The summed E-state index contributed by atoms with van der Waals surface area (Å²) in [6.07, 6.45) is -7.66. The monoisotopic (exact) mass is 650 g/mol. The molecule has 0 radical (unpaired) electrons. The molecule has 0 aliphatic heterocycles. The molecule has 1 heterocycles. The maximum absolute atomic E-state index is 14.0. The Morgan fingerprint density at radius 2 is 1.51 bits per heavy atom. The number of carboxylic acid groups (broad SMARTS) is 1. The lowest BCUT2D eigenvalue weighted by atomic mass is 10.0. The standard InChI is InChI=1S/C33H32F6N2O3S/c1-4-5-21-6-10-23(11-7-21)28-20-45-30(40-28)41(17-16-22-8-14-26(15-9-22)44-31(2,3)29(42)43)19-24-12-13-25(32(34,35)36)18-27(24)33(37,38)39/h6-15,18,20H,4-5,16-17,19H2,1-3H3,(H,42,43). The Morgan fingerprint density at radius 3 is 2.09 bits per heavy atom. The second-order valence-electron chi connectivity index (χ2n) is 11.1. The molecule has 5 nitrogen and oxygen atoms in total. The Hall–Kier alpha value is -4.06. The van der Waals surface area contributed by atoms with Gasteiger partial charge in [0.2, 0.25) is 0 Å². The molecule has 0 spiro atoms. The van der Waals surface area contributed by atoms with Crippen molar-refractivity contribution in [2.75, 3.05) is 11.4 Å². The molecule has 0 unspecified atom stereocenters. The maximum atomic E-state index is 14.0. The first kappa shape index (κ1) is 33.8. The molecule has 240 valence electrons. The van der Waals surface area contributed by atoms with Gasteiger partial charge in [0.1, 0.15) is 5.75 Å². The highest BCUT2D eigenvalue weighted by Gasteiger charge is 2.38. The topological polar surface area (TPSA) is 62.7 Å². The first-order valence-electron chi connectivity index (χ1n) is 14.2. The lowest BCUT2D eigenvalue weighted by molar-refractivity contribution is -0.152. The number of aryl methyl sites for hydroxylation is 1. The van der Waals surface area contributed by atoms with E-state index in [9.17, 15) is 36.2 Å². The Bertz CT molecular complexity index is 1600. The van der Waals surface area contributed by atoms with Gasteiger partial charge in [0.05, 0.1) is 16.8 Å². The van der Waals surface area contributed by atoms with Crippen LogP contribution in [0.3, 0.4) is 0 Å². The van der Waals surface area contributed by atoms with Gasteiger partial charge >= 0.3 is 18.3 Å². The number of ether oxygens (including phenoxy) is 1. The fourth-order valence-electron chi connectivity index (χ4n) is 4.60. The lowest BCUT2D eigenvalue weighted by Crippen LogP contribution is -2.37. The van der Waals surface area contributed by atoms with Gasteiger partial charge in [-0.05, 0) is 67.6 Å². The Kier molecular flexibility index (Phi) is 10.2. The van der Waals surface area contributed by atoms with Gasteiger partial charge in [-0.1, -0.05) is 55.8 Å². The van der Waals surface area contributed by atoms with Gasteiger partial charge in [-0.25, -0.2) is 9.78 Å². The summed E-state index contributed by atoms with van der Waals surface area (Å²) in [7, 11) is 0. The summed E-state index contributed by atoms with van der Waals surface area (Å²) in [6, 6.07) is 16.2. The van der Waals surface area contributed by atoms with E-state index in [1.54, 1.807) is 34.5 Å². The van der Waals surface area contributed by atoms with E-state index in [1.807, 2.05) is 24.3 Å². The summed E-state index contributed by atoms with van der Waals surface area (Å²) in [6.45, 7) is 4.78. The number of aliphatic carboxylic acids is 1. The van der Waals surface area contributed by atoms with Crippen LogP contribution in [0.15, 0.2) is 72.1 Å². The molecule has 1 N–H and O–H groups in total. The smallest absolute Gasteiger partial charge is 0.416 e. The molecule has 0 bridgehead atoms. The average Bonchev–Trinajstić information content (AvgIpc) is 3.45. The molecule has 4 rings (SSSR count). The molecule has 0 saturated carbocycles. The fourth-order valence-corrected chi connectivity index (χ4v) is 5.46. The first-order chi connectivity index (χ1) is 21.1. The fraction of sp³-hybridized carbons (Fsp3) is 0.333. The van der Waals surface area contributed by atoms with Crippen molar-refractivity contribution >= 4 is 22.4 Å². The van der Waals surface area contributed by atoms with Crippen molar-refractivity contribution in [3.05, 3.63) is 99.9 Å². The van der Waals surface area contributed by atoms with Gasteiger partial charge in [-0.3, -0.25) is 0 Å². The average molecular weight is 651 g/mol. The van der Waals surface area contributed by atoms with Crippen molar-refractivity contribution in [1.29, 1.82) is 0 Å². The molecule has 3 aromatic carbocycles. The van der Waals surface area contributed by atoms with Crippen molar-refractivity contribution in [2.24, 2.45) is 0 Å². The number of benzene rings is 3. The predicted molar refractivity (Wildman–Crippen MR) is 162 cm³/mol. The highest BCUT2D eigenvalue weighted by Crippen LogP contribution is 2.38. The second-order valence-corrected chi connectivity index (χ2v) is 11.9. The van der Waals surface area contributed by atoms with Gasteiger partial charge in [0, 0.05) is 24.0 Å². The van der Waals surface area contributed by atoms with Crippen LogP contribution in [0.4, 0.5) is 31.5 Å². The normalized spacial score (nSPS) is 12.3. The van der Waals surface area contributed by atoms with E-state index in [0.717, 1.165) is 30.0 Å². The number of anilines is 1. The third kappa shape index (κ3) is 8.78. The number of halogens is 6. The van der Waals surface area contributed by atoms with E-state index in [-0.39, 0.29) is 24.7 Å². The van der Waals surface area contributed by atoms with Crippen LogP contribution in [0, 0.1) is 0 Å². The van der Waals surface area contributed by atoms with Crippen LogP contribution in [-0.2, 0) is 36.5 Å². The molecule has 0 atom stereocenters. The summed E-state index contributed by atoms with van der Waals surface area (Å²) in [5.74, 6) is -0.805. The lowest BCUT2D eigenvalue weighted by Gasteiger charge is -2.25. The molecular weight excluding hydrogens is 618 g/mol. The zero-order valence-corrected chi connectivity index (χ0v) is 25.6. The van der Waals surface area contributed by atoms with Crippen molar-refractivity contribution in [1.82, 2.24) is 4.98 Å². The SMILES string of the molecule is CCCc1ccc(-c2csc(N(CCc3ccc(OC(C)(C)C(=O)O)cc3)Cc3ccc(C(F)(F)F)cc3C(F)(F)F)n2)cc1. The number of carboxylic acids is 1. The van der Waals surface area contributed by atoms with Gasteiger partial charge in [-0.15, -0.1) is 11.3 Å². The van der Waals surface area contributed by atoms with Crippen molar-refractivity contribution in [2.45, 2.75) is 64.5 Å². The number of hydrogen-bond donors (Lipinski definition) is 1. The van der Waals surface area contributed by atoms with Crippen LogP contribution in [0.2, 0.25) is 0 Å². The minimum Gasteiger partial charge on any atom is -0.478 e. The molecule has 0 aliphatic carbocycles. The molecule has 4 aromatic rings. The molecular formula is C33H32F6N2O3S. The number of alkyl halides is 6. The zero-order chi connectivity index (χ0) is 33.0. The first-order valence-corrected chi connectivity index (χ1v) is 15.0. The molecule has 0 amide bonds. The summed E-state index contributed by atoms with van der Waals surface area (Å²) < 4.78 is 87.4. The third-order valence-corrected chi connectivity index (χ3v) is 8.04. The molecule has 12 heteroatoms. The summed E-state index contributed by atoms with van der Waals surface area (Å²) in [5.41, 5.74) is -1.06. The summed E-state index contributed by atoms with van der Waals surface area (Å²) >= 11 is 1.23. The second kappa shape index (κ2) is 13.5. The van der Waals surface area contributed by atoms with Crippen LogP contribution >= 0.6 is 11.3 Å². The minimum atomic E-state index is -5.00. The number of rotatable bonds is 12. The number of carbonyl (C=O) groups is 1.